The van der Waals surface area contributed by atoms with Crippen molar-refractivity contribution in [1.82, 2.24) is 0 Å². The van der Waals surface area contributed by atoms with Gasteiger partial charge in [0.15, 0.2) is 0 Å². The van der Waals surface area contributed by atoms with Crippen LogP contribution in [0.25, 0.3) is 0 Å². The summed E-state index contributed by atoms with van der Waals surface area (Å²) in [4.78, 5) is 10.3. The zero-order valence-electron chi connectivity index (χ0n) is 11.4. The Morgan fingerprint density at radius 3 is 2.30 bits per heavy atom. The molecular weight excluding hydrogens is 254 g/mol. The monoisotopic (exact) mass is 271 g/mol. The van der Waals surface area contributed by atoms with Crippen molar-refractivity contribution < 1.29 is 9.66 Å². The summed E-state index contributed by atoms with van der Waals surface area (Å²) in [5.74, 6) is 0.770. The molecule has 0 aliphatic rings. The Morgan fingerprint density at radius 2 is 1.70 bits per heavy atom. The summed E-state index contributed by atoms with van der Waals surface area (Å²) in [7, 11) is 0. The molecule has 2 aromatic carbocycles. The fraction of sp³-hybridized carbons (Fsp3) is 0.250. The minimum Gasteiger partial charge on any atom is -0.489 e. The lowest BCUT2D eigenvalue weighted by Gasteiger charge is -2.08. The Labute approximate surface area is 118 Å². The van der Waals surface area contributed by atoms with Crippen molar-refractivity contribution in [3.63, 3.8) is 0 Å². The standard InChI is InChI=1S/C16H17NO3/c1-13(17(18)19)11-14-7-9-16(10-8-14)20-12-15-5-3-2-4-6-15/h2-10,13H,11-12H2,1H3/t13-/m1/s1. The van der Waals surface area contributed by atoms with Gasteiger partial charge in [-0.05, 0) is 23.3 Å². The van der Waals surface area contributed by atoms with E-state index in [2.05, 4.69) is 0 Å². The summed E-state index contributed by atoms with van der Waals surface area (Å²) in [6.07, 6.45) is 0.436. The summed E-state index contributed by atoms with van der Waals surface area (Å²) < 4.78 is 5.67. The lowest BCUT2D eigenvalue weighted by atomic mass is 10.1. The molecule has 0 bridgehead atoms. The summed E-state index contributed by atoms with van der Waals surface area (Å²) in [5, 5.41) is 10.6. The maximum atomic E-state index is 10.6. The summed E-state index contributed by atoms with van der Waals surface area (Å²) in [5.41, 5.74) is 2.06. The van der Waals surface area contributed by atoms with Crippen LogP contribution in [0, 0.1) is 10.1 Å². The molecular formula is C16H17NO3. The van der Waals surface area contributed by atoms with Crippen molar-refractivity contribution in [3.8, 4) is 5.75 Å². The average molecular weight is 271 g/mol. The van der Waals surface area contributed by atoms with Crippen LogP contribution in [-0.4, -0.2) is 11.0 Å². The van der Waals surface area contributed by atoms with Gasteiger partial charge in [0.2, 0.25) is 6.04 Å². The predicted molar refractivity (Wildman–Crippen MR) is 77.4 cm³/mol. The molecule has 0 aliphatic heterocycles. The van der Waals surface area contributed by atoms with Crippen LogP contribution in [0.15, 0.2) is 54.6 Å². The second-order valence-corrected chi connectivity index (χ2v) is 4.76. The fourth-order valence-corrected chi connectivity index (χ4v) is 1.88. The van der Waals surface area contributed by atoms with E-state index in [4.69, 9.17) is 4.74 Å². The molecule has 0 saturated carbocycles. The first-order valence-electron chi connectivity index (χ1n) is 6.54. The van der Waals surface area contributed by atoms with Crippen LogP contribution in [0.1, 0.15) is 18.1 Å². The SMILES string of the molecule is C[C@H](Cc1ccc(OCc2ccccc2)cc1)[N+](=O)[O-]. The Hall–Kier alpha value is -2.36. The molecule has 0 heterocycles. The van der Waals surface area contributed by atoms with Gasteiger partial charge >= 0.3 is 0 Å². The maximum absolute atomic E-state index is 10.6. The van der Waals surface area contributed by atoms with E-state index in [-0.39, 0.29) is 4.92 Å². The van der Waals surface area contributed by atoms with E-state index < -0.39 is 6.04 Å². The largest absolute Gasteiger partial charge is 0.489 e. The number of ether oxygens (including phenoxy) is 1. The van der Waals surface area contributed by atoms with Gasteiger partial charge in [0, 0.05) is 18.3 Å². The molecule has 0 spiro atoms. The van der Waals surface area contributed by atoms with Gasteiger partial charge in [0.05, 0.1) is 0 Å². The highest BCUT2D eigenvalue weighted by Gasteiger charge is 2.13. The van der Waals surface area contributed by atoms with E-state index in [0.717, 1.165) is 16.9 Å². The van der Waals surface area contributed by atoms with Crippen LogP contribution in [0.2, 0.25) is 0 Å². The van der Waals surface area contributed by atoms with Gasteiger partial charge in [-0.2, -0.15) is 0 Å². The first-order valence-corrected chi connectivity index (χ1v) is 6.54. The summed E-state index contributed by atoms with van der Waals surface area (Å²) in [6.45, 7) is 2.13. The number of hydrogen-bond acceptors (Lipinski definition) is 3. The number of nitro groups is 1. The first-order chi connectivity index (χ1) is 9.65. The number of hydrogen-bond donors (Lipinski definition) is 0. The Morgan fingerprint density at radius 1 is 1.05 bits per heavy atom. The minimum atomic E-state index is -0.564. The molecule has 104 valence electrons. The van der Waals surface area contributed by atoms with E-state index in [1.165, 1.54) is 0 Å². The quantitative estimate of drug-likeness (QED) is 0.597. The third kappa shape index (κ3) is 4.09. The second-order valence-electron chi connectivity index (χ2n) is 4.76. The van der Waals surface area contributed by atoms with Gasteiger partial charge in [-0.3, -0.25) is 10.1 Å². The van der Waals surface area contributed by atoms with Crippen molar-refractivity contribution in [2.45, 2.75) is 26.0 Å². The first kappa shape index (κ1) is 14.1. The van der Waals surface area contributed by atoms with Crippen molar-refractivity contribution in [1.29, 1.82) is 0 Å². The molecule has 2 aromatic rings. The van der Waals surface area contributed by atoms with E-state index in [9.17, 15) is 10.1 Å². The normalized spacial score (nSPS) is 11.8. The summed E-state index contributed by atoms with van der Waals surface area (Å²) >= 11 is 0. The molecule has 0 amide bonds. The predicted octanol–water partition coefficient (Wildman–Crippen LogP) is 3.47. The van der Waals surface area contributed by atoms with Crippen LogP contribution in [0.3, 0.4) is 0 Å². The van der Waals surface area contributed by atoms with Crippen LogP contribution in [-0.2, 0) is 13.0 Å². The van der Waals surface area contributed by atoms with Gasteiger partial charge in [0.25, 0.3) is 0 Å². The summed E-state index contributed by atoms with van der Waals surface area (Å²) in [6, 6.07) is 16.8. The second kappa shape index (κ2) is 6.70. The molecule has 0 unspecified atom stereocenters. The van der Waals surface area contributed by atoms with Gasteiger partial charge in [-0.15, -0.1) is 0 Å². The molecule has 0 aromatic heterocycles. The van der Waals surface area contributed by atoms with E-state index >= 15 is 0 Å². The van der Waals surface area contributed by atoms with E-state index in [1.54, 1.807) is 6.92 Å². The van der Waals surface area contributed by atoms with Gasteiger partial charge in [0.1, 0.15) is 12.4 Å². The molecule has 0 fully saturated rings. The molecule has 0 saturated heterocycles. The fourth-order valence-electron chi connectivity index (χ4n) is 1.88. The lowest BCUT2D eigenvalue weighted by molar-refractivity contribution is -0.517. The van der Waals surface area contributed by atoms with Crippen LogP contribution in [0.5, 0.6) is 5.75 Å². The van der Waals surface area contributed by atoms with Gasteiger partial charge in [-0.25, -0.2) is 0 Å². The van der Waals surface area contributed by atoms with E-state index in [0.29, 0.717) is 13.0 Å². The molecule has 4 heteroatoms. The Balaban J connectivity index is 1.90. The molecule has 0 aliphatic carbocycles. The molecule has 20 heavy (non-hydrogen) atoms. The van der Waals surface area contributed by atoms with Crippen molar-refractivity contribution >= 4 is 0 Å². The van der Waals surface area contributed by atoms with Crippen molar-refractivity contribution in [2.24, 2.45) is 0 Å². The maximum Gasteiger partial charge on any atom is 0.214 e. The lowest BCUT2D eigenvalue weighted by Crippen LogP contribution is -2.17. The molecule has 2 rings (SSSR count). The highest BCUT2D eigenvalue weighted by Crippen LogP contribution is 2.15. The number of nitrogens with zero attached hydrogens (tertiary/aromatic N) is 1. The van der Waals surface area contributed by atoms with Crippen LogP contribution in [0.4, 0.5) is 0 Å². The third-order valence-electron chi connectivity index (χ3n) is 3.06. The van der Waals surface area contributed by atoms with Gasteiger partial charge in [-0.1, -0.05) is 42.5 Å². The van der Waals surface area contributed by atoms with Crippen LogP contribution < -0.4 is 4.74 Å². The van der Waals surface area contributed by atoms with Crippen LogP contribution >= 0.6 is 0 Å². The molecule has 0 radical (unpaired) electrons. The minimum absolute atomic E-state index is 0.264. The van der Waals surface area contributed by atoms with E-state index in [1.807, 2.05) is 54.6 Å². The zero-order valence-corrected chi connectivity index (χ0v) is 11.4. The molecule has 1 atom stereocenters. The highest BCUT2D eigenvalue weighted by molar-refractivity contribution is 5.28. The topological polar surface area (TPSA) is 52.4 Å². The molecule has 4 nitrogen and oxygen atoms in total. The smallest absolute Gasteiger partial charge is 0.214 e. The van der Waals surface area contributed by atoms with Crippen molar-refractivity contribution in [2.75, 3.05) is 0 Å². The number of rotatable bonds is 6. The van der Waals surface area contributed by atoms with Crippen molar-refractivity contribution in [3.05, 3.63) is 75.8 Å². The molecule has 0 N–H and O–H groups in total. The number of benzene rings is 2. The zero-order chi connectivity index (χ0) is 14.4. The Bertz CT molecular complexity index is 552. The van der Waals surface area contributed by atoms with Gasteiger partial charge < -0.3 is 4.74 Å². The Kier molecular flexibility index (Phi) is 4.71. The third-order valence-corrected chi connectivity index (χ3v) is 3.06. The average Bonchev–Trinajstić information content (AvgIpc) is 2.47. The highest BCUT2D eigenvalue weighted by atomic mass is 16.6.